The Balaban J connectivity index is 0.00000392. The Hall–Kier alpha value is -2.29. The van der Waals surface area contributed by atoms with Crippen LogP contribution in [0, 0.1) is 13.8 Å². The first-order valence-electron chi connectivity index (χ1n) is 9.15. The predicted octanol–water partition coefficient (Wildman–Crippen LogP) is 3.11. The number of benzene rings is 2. The summed E-state index contributed by atoms with van der Waals surface area (Å²) in [5.41, 5.74) is 4.19. The van der Waals surface area contributed by atoms with E-state index in [1.807, 2.05) is 6.92 Å². The maximum atomic E-state index is 12.0. The van der Waals surface area contributed by atoms with Gasteiger partial charge in [0.2, 0.25) is 0 Å². The molecule has 0 aliphatic heterocycles. The summed E-state index contributed by atoms with van der Waals surface area (Å²) < 4.78 is 0. The second-order valence-electron chi connectivity index (χ2n) is 6.35. The SMILES string of the molecule is CCNC(=NCc1ccc(C)cc1C)NCCNC(=O)c1ccc(O)cc1.I. The number of halogens is 1. The van der Waals surface area contributed by atoms with Gasteiger partial charge in [-0.05, 0) is 56.2 Å². The van der Waals surface area contributed by atoms with Crippen molar-refractivity contribution in [3.05, 3.63) is 64.7 Å². The molecule has 2 rings (SSSR count). The third-order valence-corrected chi connectivity index (χ3v) is 4.08. The van der Waals surface area contributed by atoms with Crippen LogP contribution >= 0.6 is 24.0 Å². The summed E-state index contributed by atoms with van der Waals surface area (Å²) in [6.45, 7) is 8.58. The monoisotopic (exact) mass is 496 g/mol. The van der Waals surface area contributed by atoms with Crippen molar-refractivity contribution in [2.24, 2.45) is 4.99 Å². The zero-order valence-corrected chi connectivity index (χ0v) is 18.9. The number of amides is 1. The predicted molar refractivity (Wildman–Crippen MR) is 125 cm³/mol. The van der Waals surface area contributed by atoms with Gasteiger partial charge >= 0.3 is 0 Å². The number of hydrogen-bond acceptors (Lipinski definition) is 3. The van der Waals surface area contributed by atoms with Crippen molar-refractivity contribution in [3.63, 3.8) is 0 Å². The maximum Gasteiger partial charge on any atom is 0.251 e. The van der Waals surface area contributed by atoms with E-state index in [9.17, 15) is 9.90 Å². The fourth-order valence-corrected chi connectivity index (χ4v) is 2.60. The van der Waals surface area contributed by atoms with E-state index in [0.29, 0.717) is 25.2 Å². The Bertz CT molecular complexity index is 791. The second kappa shape index (κ2) is 12.2. The van der Waals surface area contributed by atoms with Crippen LogP contribution in [0.15, 0.2) is 47.5 Å². The number of hydrogen-bond donors (Lipinski definition) is 4. The van der Waals surface area contributed by atoms with Crippen molar-refractivity contribution in [2.75, 3.05) is 19.6 Å². The van der Waals surface area contributed by atoms with Gasteiger partial charge in [0.25, 0.3) is 5.91 Å². The number of phenols is 1. The van der Waals surface area contributed by atoms with Crippen molar-refractivity contribution in [2.45, 2.75) is 27.3 Å². The molecule has 4 N–H and O–H groups in total. The molecule has 1 amide bonds. The number of carbonyl (C=O) groups is 1. The third kappa shape index (κ3) is 7.75. The van der Waals surface area contributed by atoms with Crippen LogP contribution in [0.4, 0.5) is 0 Å². The van der Waals surface area contributed by atoms with E-state index in [4.69, 9.17) is 0 Å². The van der Waals surface area contributed by atoms with Crippen molar-refractivity contribution in [1.82, 2.24) is 16.0 Å². The average Bonchev–Trinajstić information content (AvgIpc) is 2.64. The quantitative estimate of drug-likeness (QED) is 0.206. The minimum atomic E-state index is -0.172. The molecule has 0 saturated heterocycles. The van der Waals surface area contributed by atoms with Gasteiger partial charge in [0, 0.05) is 25.2 Å². The lowest BCUT2D eigenvalue weighted by atomic mass is 10.1. The highest BCUT2D eigenvalue weighted by molar-refractivity contribution is 14.0. The van der Waals surface area contributed by atoms with Crippen molar-refractivity contribution in [1.29, 1.82) is 0 Å². The highest BCUT2D eigenvalue weighted by atomic mass is 127. The molecule has 2 aromatic rings. The van der Waals surface area contributed by atoms with Gasteiger partial charge in [-0.1, -0.05) is 23.8 Å². The molecule has 2 aromatic carbocycles. The van der Waals surface area contributed by atoms with Crippen molar-refractivity contribution < 1.29 is 9.90 Å². The van der Waals surface area contributed by atoms with Gasteiger partial charge in [0.1, 0.15) is 5.75 Å². The molecule has 0 fully saturated rings. The summed E-state index contributed by atoms with van der Waals surface area (Å²) in [6.07, 6.45) is 0. The van der Waals surface area contributed by atoms with E-state index >= 15 is 0 Å². The molecule has 0 saturated carbocycles. The fraction of sp³-hybridized carbons (Fsp3) is 0.333. The zero-order valence-electron chi connectivity index (χ0n) is 16.6. The molecular formula is C21H29IN4O2. The van der Waals surface area contributed by atoms with E-state index in [-0.39, 0.29) is 35.6 Å². The molecule has 0 radical (unpaired) electrons. The largest absolute Gasteiger partial charge is 0.508 e. The van der Waals surface area contributed by atoms with Gasteiger partial charge in [0.15, 0.2) is 5.96 Å². The summed E-state index contributed by atoms with van der Waals surface area (Å²) in [5.74, 6) is 0.689. The molecule has 7 heteroatoms. The molecular weight excluding hydrogens is 467 g/mol. The highest BCUT2D eigenvalue weighted by Gasteiger charge is 2.05. The molecule has 0 atom stereocenters. The molecule has 0 heterocycles. The Kier molecular flexibility index (Phi) is 10.4. The summed E-state index contributed by atoms with van der Waals surface area (Å²) in [4.78, 5) is 16.6. The third-order valence-electron chi connectivity index (χ3n) is 4.08. The Morgan fingerprint density at radius 2 is 1.68 bits per heavy atom. The van der Waals surface area contributed by atoms with Gasteiger partial charge in [-0.15, -0.1) is 24.0 Å². The standard InChI is InChI=1S/C21H28N4O2.HI/c1-4-22-21(25-14-18-6-5-15(2)13-16(18)3)24-12-11-23-20(27)17-7-9-19(26)10-8-17;/h5-10,13,26H,4,11-12,14H2,1-3H3,(H,23,27)(H2,22,24,25);1H. The molecule has 0 aromatic heterocycles. The topological polar surface area (TPSA) is 85.8 Å². The summed E-state index contributed by atoms with van der Waals surface area (Å²) >= 11 is 0. The van der Waals surface area contributed by atoms with Gasteiger partial charge in [-0.3, -0.25) is 4.79 Å². The Labute approximate surface area is 183 Å². The van der Waals surface area contributed by atoms with Crippen LogP contribution < -0.4 is 16.0 Å². The summed E-state index contributed by atoms with van der Waals surface area (Å²) in [6, 6.07) is 12.5. The average molecular weight is 496 g/mol. The van der Waals surface area contributed by atoms with Crippen LogP contribution in [-0.2, 0) is 6.54 Å². The van der Waals surface area contributed by atoms with Crippen LogP contribution in [0.1, 0.15) is 34.0 Å². The van der Waals surface area contributed by atoms with Crippen LogP contribution in [0.3, 0.4) is 0 Å². The van der Waals surface area contributed by atoms with E-state index in [0.717, 1.165) is 12.5 Å². The number of phenolic OH excluding ortho intramolecular Hbond substituents is 1. The van der Waals surface area contributed by atoms with Crippen LogP contribution in [0.25, 0.3) is 0 Å². The maximum absolute atomic E-state index is 12.0. The normalized spacial score (nSPS) is 10.8. The Morgan fingerprint density at radius 1 is 1.00 bits per heavy atom. The number of aliphatic imine (C=N–C) groups is 1. The van der Waals surface area contributed by atoms with Crippen LogP contribution in [-0.4, -0.2) is 36.6 Å². The fourth-order valence-electron chi connectivity index (χ4n) is 2.60. The zero-order chi connectivity index (χ0) is 19.6. The summed E-state index contributed by atoms with van der Waals surface area (Å²) in [7, 11) is 0. The highest BCUT2D eigenvalue weighted by Crippen LogP contribution is 2.11. The second-order valence-corrected chi connectivity index (χ2v) is 6.35. The molecule has 0 bridgehead atoms. The lowest BCUT2D eigenvalue weighted by molar-refractivity contribution is 0.0954. The summed E-state index contributed by atoms with van der Waals surface area (Å²) in [5, 5.41) is 18.5. The molecule has 152 valence electrons. The lowest BCUT2D eigenvalue weighted by Gasteiger charge is -2.12. The van der Waals surface area contributed by atoms with E-state index in [2.05, 4.69) is 53.0 Å². The van der Waals surface area contributed by atoms with Gasteiger partial charge in [-0.2, -0.15) is 0 Å². The number of rotatable bonds is 7. The molecule has 6 nitrogen and oxygen atoms in total. The smallest absolute Gasteiger partial charge is 0.251 e. The Morgan fingerprint density at radius 3 is 2.32 bits per heavy atom. The molecule has 0 aliphatic rings. The first-order chi connectivity index (χ1) is 13.0. The minimum absolute atomic E-state index is 0. The number of nitrogens with zero attached hydrogens (tertiary/aromatic N) is 1. The van der Waals surface area contributed by atoms with Crippen LogP contribution in [0.5, 0.6) is 5.75 Å². The first-order valence-corrected chi connectivity index (χ1v) is 9.15. The van der Waals surface area contributed by atoms with Crippen LogP contribution in [0.2, 0.25) is 0 Å². The van der Waals surface area contributed by atoms with Gasteiger partial charge < -0.3 is 21.1 Å². The van der Waals surface area contributed by atoms with Crippen molar-refractivity contribution >= 4 is 35.8 Å². The van der Waals surface area contributed by atoms with Gasteiger partial charge in [-0.25, -0.2) is 4.99 Å². The number of guanidine groups is 1. The number of nitrogens with one attached hydrogen (secondary N) is 3. The van der Waals surface area contributed by atoms with E-state index in [1.54, 1.807) is 12.1 Å². The minimum Gasteiger partial charge on any atom is -0.508 e. The molecule has 0 aliphatic carbocycles. The number of carbonyl (C=O) groups excluding carboxylic acids is 1. The van der Waals surface area contributed by atoms with E-state index in [1.165, 1.54) is 28.8 Å². The lowest BCUT2D eigenvalue weighted by Crippen LogP contribution is -2.41. The first kappa shape index (κ1) is 23.7. The van der Waals surface area contributed by atoms with E-state index < -0.39 is 0 Å². The van der Waals surface area contributed by atoms with Gasteiger partial charge in [0.05, 0.1) is 6.54 Å². The van der Waals surface area contributed by atoms with Crippen molar-refractivity contribution in [3.8, 4) is 5.75 Å². The molecule has 28 heavy (non-hydrogen) atoms. The molecule has 0 spiro atoms. The number of aromatic hydroxyl groups is 1. The molecule has 0 unspecified atom stereocenters. The number of aryl methyl sites for hydroxylation is 2.